The lowest BCUT2D eigenvalue weighted by molar-refractivity contribution is -0.141. The van der Waals surface area contributed by atoms with Gasteiger partial charge in [-0.15, -0.1) is 0 Å². The number of nitrogens with one attached hydrogen (secondary N) is 1. The van der Waals surface area contributed by atoms with Crippen LogP contribution in [0.5, 0.6) is 5.75 Å². The molecule has 0 saturated carbocycles. The molecule has 0 aliphatic heterocycles. The summed E-state index contributed by atoms with van der Waals surface area (Å²) in [4.78, 5) is 12.5. The summed E-state index contributed by atoms with van der Waals surface area (Å²) in [5.74, 6) is 0.930. The summed E-state index contributed by atoms with van der Waals surface area (Å²) in [6.07, 6.45) is -4.20. The van der Waals surface area contributed by atoms with Crippen LogP contribution in [0.4, 0.5) is 13.2 Å². The maximum Gasteiger partial charge on any atom is 0.436 e. The van der Waals surface area contributed by atoms with Gasteiger partial charge in [0.2, 0.25) is 0 Å². The van der Waals surface area contributed by atoms with Crippen LogP contribution in [-0.2, 0) is 19.3 Å². The van der Waals surface area contributed by atoms with E-state index in [-0.39, 0.29) is 24.7 Å². The second-order valence-electron chi connectivity index (χ2n) is 8.29. The second kappa shape index (κ2) is 11.0. The first kappa shape index (κ1) is 25.6. The third kappa shape index (κ3) is 6.53. The zero-order valence-corrected chi connectivity index (χ0v) is 20.0. The van der Waals surface area contributed by atoms with Crippen LogP contribution in [0.1, 0.15) is 59.1 Å². The molecule has 0 aliphatic carbocycles. The molecule has 0 atom stereocenters. The molecule has 0 fully saturated rings. The van der Waals surface area contributed by atoms with Gasteiger partial charge in [0.05, 0.1) is 10.7 Å². The molecule has 1 N–H and O–H groups in total. The minimum atomic E-state index is -4.60. The van der Waals surface area contributed by atoms with Gasteiger partial charge < -0.3 is 10.1 Å². The summed E-state index contributed by atoms with van der Waals surface area (Å²) < 4.78 is 45.8. The Hall–Kier alpha value is -3.00. The second-order valence-corrected chi connectivity index (χ2v) is 8.67. The molecule has 0 saturated heterocycles. The van der Waals surface area contributed by atoms with Crippen molar-refractivity contribution in [3.63, 3.8) is 0 Å². The van der Waals surface area contributed by atoms with E-state index in [9.17, 15) is 18.0 Å². The standard InChI is InChI=1S/C25H27ClF3N3O2/c1-16(2)19-8-10-21(11-9-19)34-15-18-6-4-7-20(14-18)24(33)30-12-5-13-32-17(3)22(26)23(31-32)25(27,28)29/h4,6-11,14,16H,5,12-13,15H2,1-3H3,(H,30,33). The van der Waals surface area contributed by atoms with Crippen LogP contribution in [0.3, 0.4) is 0 Å². The van der Waals surface area contributed by atoms with Gasteiger partial charge in [-0.05, 0) is 54.7 Å². The summed E-state index contributed by atoms with van der Waals surface area (Å²) >= 11 is 5.76. The molecule has 0 unspecified atom stereocenters. The highest BCUT2D eigenvalue weighted by Gasteiger charge is 2.38. The van der Waals surface area contributed by atoms with E-state index < -0.39 is 16.9 Å². The first-order valence-corrected chi connectivity index (χ1v) is 11.3. The molecular formula is C25H27ClF3N3O2. The lowest BCUT2D eigenvalue weighted by atomic mass is 10.0. The minimum absolute atomic E-state index is 0.200. The Kier molecular flexibility index (Phi) is 8.25. The van der Waals surface area contributed by atoms with E-state index in [1.54, 1.807) is 18.2 Å². The largest absolute Gasteiger partial charge is 0.489 e. The van der Waals surface area contributed by atoms with E-state index in [0.717, 1.165) is 11.3 Å². The molecule has 1 heterocycles. The van der Waals surface area contributed by atoms with E-state index in [1.165, 1.54) is 17.2 Å². The Morgan fingerprint density at radius 3 is 2.50 bits per heavy atom. The Labute approximate surface area is 201 Å². The van der Waals surface area contributed by atoms with E-state index in [4.69, 9.17) is 16.3 Å². The average molecular weight is 494 g/mol. The van der Waals surface area contributed by atoms with E-state index >= 15 is 0 Å². The van der Waals surface area contributed by atoms with E-state index in [0.29, 0.717) is 24.5 Å². The zero-order valence-electron chi connectivity index (χ0n) is 19.2. The number of nitrogens with zero attached hydrogens (tertiary/aromatic N) is 2. The molecule has 3 rings (SSSR count). The predicted octanol–water partition coefficient (Wildman–Crippen LogP) is 6.39. The quantitative estimate of drug-likeness (QED) is 0.351. The van der Waals surface area contributed by atoms with Crippen LogP contribution >= 0.6 is 11.6 Å². The summed E-state index contributed by atoms with van der Waals surface area (Å²) in [5.41, 5.74) is 1.71. The molecule has 0 bridgehead atoms. The highest BCUT2D eigenvalue weighted by molar-refractivity contribution is 6.31. The zero-order chi connectivity index (χ0) is 24.9. The predicted molar refractivity (Wildman–Crippen MR) is 125 cm³/mol. The number of halogens is 4. The molecule has 9 heteroatoms. The molecule has 3 aromatic rings. The number of benzene rings is 2. The third-order valence-electron chi connectivity index (χ3n) is 5.38. The molecule has 1 amide bonds. The maximum absolute atomic E-state index is 12.9. The molecule has 0 spiro atoms. The number of ether oxygens (including phenoxy) is 1. The molecule has 0 aliphatic rings. The monoisotopic (exact) mass is 493 g/mol. The Bertz CT molecular complexity index is 1130. The van der Waals surface area contributed by atoms with Gasteiger partial charge in [-0.2, -0.15) is 18.3 Å². The fraction of sp³-hybridized carbons (Fsp3) is 0.360. The van der Waals surface area contributed by atoms with Crippen molar-refractivity contribution in [2.75, 3.05) is 6.54 Å². The van der Waals surface area contributed by atoms with Crippen molar-refractivity contribution in [1.82, 2.24) is 15.1 Å². The van der Waals surface area contributed by atoms with Gasteiger partial charge in [-0.1, -0.05) is 49.7 Å². The van der Waals surface area contributed by atoms with Gasteiger partial charge in [-0.3, -0.25) is 9.48 Å². The molecular weight excluding hydrogens is 467 g/mol. The van der Waals surface area contributed by atoms with Gasteiger partial charge >= 0.3 is 6.18 Å². The Morgan fingerprint density at radius 2 is 1.88 bits per heavy atom. The SMILES string of the molecule is Cc1c(Cl)c(C(F)(F)F)nn1CCCNC(=O)c1cccc(COc2ccc(C(C)C)cc2)c1. The van der Waals surface area contributed by atoms with E-state index in [2.05, 4.69) is 24.3 Å². The molecule has 5 nitrogen and oxygen atoms in total. The normalized spacial score (nSPS) is 11.6. The van der Waals surface area contributed by atoms with Crippen molar-refractivity contribution < 1.29 is 22.7 Å². The molecule has 182 valence electrons. The number of carbonyl (C=O) groups is 1. The van der Waals surface area contributed by atoms with Crippen LogP contribution in [0.15, 0.2) is 48.5 Å². The van der Waals surface area contributed by atoms with Gasteiger partial charge in [0.15, 0.2) is 5.69 Å². The molecule has 1 aromatic heterocycles. The number of hydrogen-bond acceptors (Lipinski definition) is 3. The maximum atomic E-state index is 12.9. The number of hydrogen-bond donors (Lipinski definition) is 1. The average Bonchev–Trinajstić information content (AvgIpc) is 3.09. The van der Waals surface area contributed by atoms with Gasteiger partial charge in [-0.25, -0.2) is 0 Å². The van der Waals surface area contributed by atoms with Gasteiger partial charge in [0.25, 0.3) is 5.91 Å². The fourth-order valence-corrected chi connectivity index (χ4v) is 3.62. The van der Waals surface area contributed by atoms with Crippen LogP contribution in [0.2, 0.25) is 5.02 Å². The van der Waals surface area contributed by atoms with Crippen molar-refractivity contribution in [3.05, 3.63) is 81.6 Å². The summed E-state index contributed by atoms with van der Waals surface area (Å²) in [6, 6.07) is 15.0. The van der Waals surface area contributed by atoms with Crippen molar-refractivity contribution in [2.45, 2.75) is 52.4 Å². The van der Waals surface area contributed by atoms with Crippen molar-refractivity contribution in [3.8, 4) is 5.75 Å². The first-order chi connectivity index (χ1) is 16.1. The summed E-state index contributed by atoms with van der Waals surface area (Å²) in [5, 5.41) is 5.94. The topological polar surface area (TPSA) is 56.2 Å². The number of aryl methyl sites for hydroxylation is 1. The van der Waals surface area contributed by atoms with Crippen LogP contribution in [0, 0.1) is 6.92 Å². The Morgan fingerprint density at radius 1 is 1.18 bits per heavy atom. The lowest BCUT2D eigenvalue weighted by Gasteiger charge is -2.10. The minimum Gasteiger partial charge on any atom is -0.489 e. The fourth-order valence-electron chi connectivity index (χ4n) is 3.37. The first-order valence-electron chi connectivity index (χ1n) is 11.0. The van der Waals surface area contributed by atoms with Crippen molar-refractivity contribution in [1.29, 1.82) is 0 Å². The number of rotatable bonds is 9. The van der Waals surface area contributed by atoms with Crippen LogP contribution < -0.4 is 10.1 Å². The van der Waals surface area contributed by atoms with Gasteiger partial charge in [0.1, 0.15) is 12.4 Å². The smallest absolute Gasteiger partial charge is 0.436 e. The number of aromatic nitrogens is 2. The van der Waals surface area contributed by atoms with E-state index in [1.807, 2.05) is 30.3 Å². The number of alkyl halides is 3. The number of amides is 1. The van der Waals surface area contributed by atoms with Crippen LogP contribution in [0.25, 0.3) is 0 Å². The van der Waals surface area contributed by atoms with Gasteiger partial charge in [0, 0.05) is 18.7 Å². The van der Waals surface area contributed by atoms with Crippen LogP contribution in [-0.4, -0.2) is 22.2 Å². The molecule has 0 radical (unpaired) electrons. The molecule has 34 heavy (non-hydrogen) atoms. The summed E-state index contributed by atoms with van der Waals surface area (Å²) in [7, 11) is 0. The van der Waals surface area contributed by atoms with Crippen molar-refractivity contribution in [2.24, 2.45) is 0 Å². The summed E-state index contributed by atoms with van der Waals surface area (Å²) in [6.45, 7) is 6.54. The third-order valence-corrected chi connectivity index (χ3v) is 5.83. The highest BCUT2D eigenvalue weighted by Crippen LogP contribution is 2.35. The Balaban J connectivity index is 1.50. The lowest BCUT2D eigenvalue weighted by Crippen LogP contribution is -2.25. The highest BCUT2D eigenvalue weighted by atomic mass is 35.5. The molecule has 2 aromatic carbocycles. The number of carbonyl (C=O) groups excluding carboxylic acids is 1. The van der Waals surface area contributed by atoms with Crippen molar-refractivity contribution >= 4 is 17.5 Å².